The number of halogens is 1. The van der Waals surface area contributed by atoms with Crippen molar-refractivity contribution in [3.63, 3.8) is 0 Å². The van der Waals surface area contributed by atoms with Crippen LogP contribution in [0.1, 0.15) is 24.4 Å². The van der Waals surface area contributed by atoms with Crippen LogP contribution >= 0.6 is 11.6 Å². The minimum Gasteiger partial charge on any atom is -0.490 e. The molecule has 6 heteroatoms. The number of carbonyl (C=O) groups excluding carboxylic acids is 1. The van der Waals surface area contributed by atoms with Crippen molar-refractivity contribution < 1.29 is 9.53 Å². The van der Waals surface area contributed by atoms with Gasteiger partial charge in [-0.05, 0) is 48.7 Å². The summed E-state index contributed by atoms with van der Waals surface area (Å²) < 4.78 is 5.66. The molecule has 2 amide bonds. The average Bonchev–Trinajstić information content (AvgIpc) is 3.13. The van der Waals surface area contributed by atoms with Crippen LogP contribution in [0.5, 0.6) is 5.75 Å². The van der Waals surface area contributed by atoms with Crippen LogP contribution in [0.25, 0.3) is 0 Å². The van der Waals surface area contributed by atoms with Crippen LogP contribution in [-0.2, 0) is 0 Å². The second kappa shape index (κ2) is 7.08. The van der Waals surface area contributed by atoms with Gasteiger partial charge in [0.2, 0.25) is 0 Å². The SMILES string of the molecule is CN1CCOc2ccc(NC(=O)N3CCCC3c3ccc(Cl)cc3)cc21. The number of rotatable bonds is 2. The second-order valence-corrected chi connectivity index (χ2v) is 7.22. The lowest BCUT2D eigenvalue weighted by Crippen LogP contribution is -2.34. The fourth-order valence-corrected chi connectivity index (χ4v) is 3.79. The molecular formula is C20H22ClN3O2. The number of nitrogens with one attached hydrogen (secondary N) is 1. The zero-order valence-corrected chi connectivity index (χ0v) is 15.5. The summed E-state index contributed by atoms with van der Waals surface area (Å²) in [6.07, 6.45) is 1.97. The summed E-state index contributed by atoms with van der Waals surface area (Å²) in [5, 5.41) is 3.76. The van der Waals surface area contributed by atoms with Gasteiger partial charge < -0.3 is 19.9 Å². The maximum absolute atomic E-state index is 12.9. The summed E-state index contributed by atoms with van der Waals surface area (Å²) in [5.41, 5.74) is 2.92. The Bertz CT molecular complexity index is 809. The molecule has 2 aliphatic heterocycles. The molecule has 2 aliphatic rings. The molecule has 0 aromatic heterocycles. The molecule has 1 N–H and O–H groups in total. The zero-order valence-electron chi connectivity index (χ0n) is 14.7. The maximum Gasteiger partial charge on any atom is 0.322 e. The Morgan fingerprint density at radius 1 is 1.19 bits per heavy atom. The first kappa shape index (κ1) is 17.0. The third kappa shape index (κ3) is 3.31. The lowest BCUT2D eigenvalue weighted by atomic mass is 10.1. The van der Waals surface area contributed by atoms with Crippen LogP contribution in [0, 0.1) is 0 Å². The van der Waals surface area contributed by atoms with E-state index in [1.165, 1.54) is 0 Å². The van der Waals surface area contributed by atoms with Crippen LogP contribution in [0.4, 0.5) is 16.2 Å². The normalized spacial score (nSPS) is 19.1. The minimum absolute atomic E-state index is 0.0678. The van der Waals surface area contributed by atoms with E-state index in [9.17, 15) is 4.79 Å². The molecule has 2 heterocycles. The maximum atomic E-state index is 12.9. The summed E-state index contributed by atoms with van der Waals surface area (Å²) >= 11 is 5.99. The molecule has 0 saturated carbocycles. The standard InChI is InChI=1S/C20H22ClN3O2/c1-23-11-12-26-19-9-8-16(13-18(19)23)22-20(25)24-10-2-3-17(24)14-4-6-15(21)7-5-14/h4-9,13,17H,2-3,10-12H2,1H3,(H,22,25). The summed E-state index contributed by atoms with van der Waals surface area (Å²) in [5.74, 6) is 0.858. The number of likely N-dealkylation sites (N-methyl/N-ethyl adjacent to an activating group) is 1. The van der Waals surface area contributed by atoms with Gasteiger partial charge >= 0.3 is 6.03 Å². The number of urea groups is 1. The number of carbonyl (C=O) groups is 1. The predicted octanol–water partition coefficient (Wildman–Crippen LogP) is 4.54. The van der Waals surface area contributed by atoms with Crippen molar-refractivity contribution in [3.05, 3.63) is 53.1 Å². The molecule has 0 bridgehead atoms. The zero-order chi connectivity index (χ0) is 18.1. The van der Waals surface area contributed by atoms with E-state index in [2.05, 4.69) is 10.2 Å². The fraction of sp³-hybridized carbons (Fsp3) is 0.350. The summed E-state index contributed by atoms with van der Waals surface area (Å²) in [6.45, 7) is 2.29. The molecule has 0 radical (unpaired) electrons. The van der Waals surface area contributed by atoms with Crippen LogP contribution in [0.2, 0.25) is 5.02 Å². The van der Waals surface area contributed by atoms with Gasteiger partial charge in [-0.25, -0.2) is 4.79 Å². The van der Waals surface area contributed by atoms with Crippen LogP contribution < -0.4 is 15.0 Å². The Kier molecular flexibility index (Phi) is 4.64. The highest BCUT2D eigenvalue weighted by Crippen LogP contribution is 2.35. The van der Waals surface area contributed by atoms with E-state index in [0.717, 1.165) is 48.6 Å². The molecule has 2 aromatic carbocycles. The summed E-state index contributed by atoms with van der Waals surface area (Å²) in [7, 11) is 2.03. The van der Waals surface area contributed by atoms with E-state index >= 15 is 0 Å². The van der Waals surface area contributed by atoms with E-state index in [4.69, 9.17) is 16.3 Å². The molecule has 4 rings (SSSR count). The first-order valence-corrected chi connectivity index (χ1v) is 9.31. The number of hydrogen-bond acceptors (Lipinski definition) is 3. The van der Waals surface area contributed by atoms with Crippen molar-refractivity contribution in [2.24, 2.45) is 0 Å². The molecule has 1 fully saturated rings. The Morgan fingerprint density at radius 2 is 2.00 bits per heavy atom. The molecule has 136 valence electrons. The van der Waals surface area contributed by atoms with Crippen molar-refractivity contribution in [2.75, 3.05) is 37.0 Å². The highest BCUT2D eigenvalue weighted by Gasteiger charge is 2.30. The molecule has 2 aromatic rings. The highest BCUT2D eigenvalue weighted by molar-refractivity contribution is 6.30. The van der Waals surface area contributed by atoms with Gasteiger partial charge in [0.05, 0.1) is 18.3 Å². The fourth-order valence-electron chi connectivity index (χ4n) is 3.67. The number of amides is 2. The molecular weight excluding hydrogens is 350 g/mol. The number of ether oxygens (including phenoxy) is 1. The van der Waals surface area contributed by atoms with Crippen LogP contribution in [-0.4, -0.2) is 37.7 Å². The third-order valence-corrected chi connectivity index (χ3v) is 5.33. The van der Waals surface area contributed by atoms with E-state index in [1.807, 2.05) is 54.4 Å². The quantitative estimate of drug-likeness (QED) is 0.843. The van der Waals surface area contributed by atoms with Gasteiger partial charge in [-0.3, -0.25) is 0 Å². The number of benzene rings is 2. The van der Waals surface area contributed by atoms with Crippen molar-refractivity contribution in [1.82, 2.24) is 4.90 Å². The first-order chi connectivity index (χ1) is 12.6. The van der Waals surface area contributed by atoms with Crippen LogP contribution in [0.3, 0.4) is 0 Å². The second-order valence-electron chi connectivity index (χ2n) is 6.79. The average molecular weight is 372 g/mol. The van der Waals surface area contributed by atoms with E-state index in [-0.39, 0.29) is 12.1 Å². The molecule has 1 unspecified atom stereocenters. The monoisotopic (exact) mass is 371 g/mol. The molecule has 1 atom stereocenters. The van der Waals surface area contributed by atoms with Crippen LogP contribution in [0.15, 0.2) is 42.5 Å². The van der Waals surface area contributed by atoms with Gasteiger partial charge in [-0.2, -0.15) is 0 Å². The first-order valence-electron chi connectivity index (χ1n) is 8.93. The van der Waals surface area contributed by atoms with Gasteiger partial charge in [0, 0.05) is 24.3 Å². The van der Waals surface area contributed by atoms with Crippen molar-refractivity contribution in [1.29, 1.82) is 0 Å². The van der Waals surface area contributed by atoms with Gasteiger partial charge in [0.15, 0.2) is 0 Å². The van der Waals surface area contributed by atoms with Gasteiger partial charge in [-0.1, -0.05) is 23.7 Å². The summed E-state index contributed by atoms with van der Waals surface area (Å²) in [4.78, 5) is 16.9. The molecule has 5 nitrogen and oxygen atoms in total. The molecule has 0 spiro atoms. The van der Waals surface area contributed by atoms with Gasteiger partial charge in [0.25, 0.3) is 0 Å². The van der Waals surface area contributed by atoms with Crippen molar-refractivity contribution >= 4 is 29.0 Å². The van der Waals surface area contributed by atoms with Crippen molar-refractivity contribution in [3.8, 4) is 5.75 Å². The lowest BCUT2D eigenvalue weighted by molar-refractivity contribution is 0.207. The van der Waals surface area contributed by atoms with E-state index in [0.29, 0.717) is 11.6 Å². The molecule has 1 saturated heterocycles. The highest BCUT2D eigenvalue weighted by atomic mass is 35.5. The largest absolute Gasteiger partial charge is 0.490 e. The Balaban J connectivity index is 1.50. The summed E-state index contributed by atoms with van der Waals surface area (Å²) in [6, 6.07) is 13.6. The van der Waals surface area contributed by atoms with Crippen molar-refractivity contribution in [2.45, 2.75) is 18.9 Å². The molecule has 26 heavy (non-hydrogen) atoms. The van der Waals surface area contributed by atoms with E-state index in [1.54, 1.807) is 0 Å². The number of nitrogens with zero attached hydrogens (tertiary/aromatic N) is 2. The number of likely N-dealkylation sites (tertiary alicyclic amines) is 1. The number of fused-ring (bicyclic) bond motifs is 1. The van der Waals surface area contributed by atoms with Gasteiger partial charge in [0.1, 0.15) is 12.4 Å². The van der Waals surface area contributed by atoms with E-state index < -0.39 is 0 Å². The Hall–Kier alpha value is -2.40. The predicted molar refractivity (Wildman–Crippen MR) is 104 cm³/mol. The topological polar surface area (TPSA) is 44.8 Å². The third-order valence-electron chi connectivity index (χ3n) is 5.07. The smallest absolute Gasteiger partial charge is 0.322 e. The Labute approximate surface area is 158 Å². The molecule has 0 aliphatic carbocycles. The number of hydrogen-bond donors (Lipinski definition) is 1. The minimum atomic E-state index is -0.0678. The van der Waals surface area contributed by atoms with Gasteiger partial charge in [-0.15, -0.1) is 0 Å². The Morgan fingerprint density at radius 3 is 2.81 bits per heavy atom. The lowest BCUT2D eigenvalue weighted by Gasteiger charge is -2.29. The number of anilines is 2.